The van der Waals surface area contributed by atoms with Gasteiger partial charge in [0.25, 0.3) is 0 Å². The number of benzene rings is 1. The van der Waals surface area contributed by atoms with E-state index in [1.54, 1.807) is 11.3 Å². The van der Waals surface area contributed by atoms with Gasteiger partial charge in [0.1, 0.15) is 0 Å². The van der Waals surface area contributed by atoms with Crippen molar-refractivity contribution in [3.63, 3.8) is 0 Å². The van der Waals surface area contributed by atoms with Crippen molar-refractivity contribution in [2.24, 2.45) is 0 Å². The molecule has 0 saturated heterocycles. The Hall–Kier alpha value is -1.23. The van der Waals surface area contributed by atoms with Gasteiger partial charge in [0.2, 0.25) is 0 Å². The number of hydrogen-bond acceptors (Lipinski definition) is 4. The van der Waals surface area contributed by atoms with Crippen LogP contribution in [0.25, 0.3) is 0 Å². The van der Waals surface area contributed by atoms with Crippen LogP contribution in [0.15, 0.2) is 23.7 Å². The highest BCUT2D eigenvalue weighted by molar-refractivity contribution is 7.09. The molecule has 18 heavy (non-hydrogen) atoms. The van der Waals surface area contributed by atoms with E-state index in [9.17, 15) is 0 Å². The lowest BCUT2D eigenvalue weighted by atomic mass is 10.1. The second-order valence-electron chi connectivity index (χ2n) is 4.67. The number of fused-ring (bicyclic) bond motifs is 1. The maximum Gasteiger partial charge on any atom is 0.0798 e. The number of thiazole rings is 1. The lowest BCUT2D eigenvalue weighted by molar-refractivity contribution is 0.696. The zero-order valence-corrected chi connectivity index (χ0v) is 11.3. The predicted octanol–water partition coefficient (Wildman–Crippen LogP) is 2.34. The molecule has 0 saturated carbocycles. The standard InChI is InChI=1S/C14H17N3S/c1-10-14(18-9-17-10)8-15-5-11-2-3-12-6-16-7-13(12)4-11/h2-4,9,15-16H,5-8H2,1H3. The third-order valence-electron chi connectivity index (χ3n) is 3.36. The molecule has 3 rings (SSSR count). The second kappa shape index (κ2) is 5.18. The molecular weight excluding hydrogens is 242 g/mol. The molecular formula is C14H17N3S. The summed E-state index contributed by atoms with van der Waals surface area (Å²) in [6, 6.07) is 6.77. The summed E-state index contributed by atoms with van der Waals surface area (Å²) in [5.74, 6) is 0. The summed E-state index contributed by atoms with van der Waals surface area (Å²) in [7, 11) is 0. The maximum atomic E-state index is 4.26. The Morgan fingerprint density at radius 3 is 3.00 bits per heavy atom. The molecule has 2 aromatic rings. The number of rotatable bonds is 4. The van der Waals surface area contributed by atoms with Crippen molar-refractivity contribution >= 4 is 11.3 Å². The molecule has 4 heteroatoms. The van der Waals surface area contributed by atoms with Crippen molar-refractivity contribution < 1.29 is 0 Å². The summed E-state index contributed by atoms with van der Waals surface area (Å²) in [6.07, 6.45) is 0. The fourth-order valence-electron chi connectivity index (χ4n) is 2.27. The molecule has 0 aliphatic carbocycles. The molecule has 0 spiro atoms. The number of nitrogens with one attached hydrogen (secondary N) is 2. The van der Waals surface area contributed by atoms with Crippen molar-refractivity contribution in [3.8, 4) is 0 Å². The molecule has 1 aliphatic rings. The highest BCUT2D eigenvalue weighted by atomic mass is 32.1. The largest absolute Gasteiger partial charge is 0.309 e. The van der Waals surface area contributed by atoms with Gasteiger partial charge in [-0.05, 0) is 23.6 Å². The second-order valence-corrected chi connectivity index (χ2v) is 5.61. The Labute approximate surface area is 111 Å². The lowest BCUT2D eigenvalue weighted by Gasteiger charge is -2.06. The van der Waals surface area contributed by atoms with Crippen LogP contribution < -0.4 is 10.6 Å². The van der Waals surface area contributed by atoms with Gasteiger partial charge in [0.05, 0.1) is 11.2 Å². The number of hydrogen-bond donors (Lipinski definition) is 2. The normalized spacial score (nSPS) is 13.8. The average Bonchev–Trinajstić information content (AvgIpc) is 2.98. The van der Waals surface area contributed by atoms with Gasteiger partial charge in [0, 0.05) is 31.1 Å². The fraction of sp³-hybridized carbons (Fsp3) is 0.357. The first kappa shape index (κ1) is 11.8. The first-order valence-corrected chi connectivity index (χ1v) is 7.12. The van der Waals surface area contributed by atoms with E-state index >= 15 is 0 Å². The van der Waals surface area contributed by atoms with Gasteiger partial charge in [-0.2, -0.15) is 0 Å². The zero-order chi connectivity index (χ0) is 12.4. The van der Waals surface area contributed by atoms with Crippen LogP contribution in [0, 0.1) is 6.92 Å². The lowest BCUT2D eigenvalue weighted by Crippen LogP contribution is -2.12. The number of nitrogens with zero attached hydrogens (tertiary/aromatic N) is 1. The fourth-order valence-corrected chi connectivity index (χ4v) is 3.02. The smallest absolute Gasteiger partial charge is 0.0798 e. The Bertz CT molecular complexity index is 548. The third kappa shape index (κ3) is 2.46. The molecule has 0 bridgehead atoms. The summed E-state index contributed by atoms with van der Waals surface area (Å²) in [6.45, 7) is 5.92. The van der Waals surface area contributed by atoms with E-state index in [4.69, 9.17) is 0 Å². The monoisotopic (exact) mass is 259 g/mol. The molecule has 0 atom stereocenters. The summed E-state index contributed by atoms with van der Waals surface area (Å²) >= 11 is 1.72. The van der Waals surface area contributed by atoms with Crippen LogP contribution in [0.1, 0.15) is 27.3 Å². The highest BCUT2D eigenvalue weighted by Crippen LogP contribution is 2.17. The van der Waals surface area contributed by atoms with E-state index in [1.165, 1.54) is 21.6 Å². The molecule has 0 amide bonds. The minimum Gasteiger partial charge on any atom is -0.309 e. The Balaban J connectivity index is 1.59. The van der Waals surface area contributed by atoms with Crippen molar-refractivity contribution in [2.45, 2.75) is 33.1 Å². The van der Waals surface area contributed by atoms with Gasteiger partial charge < -0.3 is 10.6 Å². The summed E-state index contributed by atoms with van der Waals surface area (Å²) in [4.78, 5) is 5.59. The quantitative estimate of drug-likeness (QED) is 0.885. The Morgan fingerprint density at radius 1 is 1.28 bits per heavy atom. The molecule has 1 aromatic heterocycles. The summed E-state index contributed by atoms with van der Waals surface area (Å²) in [5, 5.41) is 6.86. The molecule has 2 N–H and O–H groups in total. The molecule has 0 fully saturated rings. The van der Waals surface area contributed by atoms with Gasteiger partial charge in [-0.3, -0.25) is 0 Å². The van der Waals surface area contributed by atoms with Crippen LogP contribution in [0.4, 0.5) is 0 Å². The molecule has 94 valence electrons. The molecule has 0 unspecified atom stereocenters. The third-order valence-corrected chi connectivity index (χ3v) is 4.30. The first-order chi connectivity index (χ1) is 8.83. The zero-order valence-electron chi connectivity index (χ0n) is 10.5. The van der Waals surface area contributed by atoms with Crippen LogP contribution >= 0.6 is 11.3 Å². The van der Waals surface area contributed by atoms with Gasteiger partial charge >= 0.3 is 0 Å². The minimum absolute atomic E-state index is 0.909. The Kier molecular flexibility index (Phi) is 3.41. The van der Waals surface area contributed by atoms with E-state index in [2.05, 4.69) is 40.7 Å². The van der Waals surface area contributed by atoms with Crippen LogP contribution in [0.3, 0.4) is 0 Å². The molecule has 1 aromatic carbocycles. The maximum absolute atomic E-state index is 4.26. The van der Waals surface area contributed by atoms with Crippen molar-refractivity contribution in [2.75, 3.05) is 0 Å². The topological polar surface area (TPSA) is 37.0 Å². The predicted molar refractivity (Wildman–Crippen MR) is 74.4 cm³/mol. The Morgan fingerprint density at radius 2 is 2.17 bits per heavy atom. The first-order valence-electron chi connectivity index (χ1n) is 6.24. The van der Waals surface area contributed by atoms with Gasteiger partial charge in [-0.25, -0.2) is 4.98 Å². The number of aromatic nitrogens is 1. The van der Waals surface area contributed by atoms with Crippen LogP contribution in [-0.4, -0.2) is 4.98 Å². The van der Waals surface area contributed by atoms with E-state index in [0.717, 1.165) is 31.9 Å². The average molecular weight is 259 g/mol. The number of aryl methyl sites for hydroxylation is 1. The summed E-state index contributed by atoms with van der Waals surface area (Å²) < 4.78 is 0. The van der Waals surface area contributed by atoms with E-state index in [-0.39, 0.29) is 0 Å². The van der Waals surface area contributed by atoms with Crippen molar-refractivity contribution in [1.29, 1.82) is 0 Å². The van der Waals surface area contributed by atoms with E-state index < -0.39 is 0 Å². The highest BCUT2D eigenvalue weighted by Gasteiger charge is 2.09. The van der Waals surface area contributed by atoms with Crippen LogP contribution in [-0.2, 0) is 26.2 Å². The SMILES string of the molecule is Cc1ncsc1CNCc1ccc2c(c1)CNC2. The van der Waals surface area contributed by atoms with Crippen molar-refractivity contribution in [1.82, 2.24) is 15.6 Å². The van der Waals surface area contributed by atoms with Crippen LogP contribution in [0.5, 0.6) is 0 Å². The van der Waals surface area contributed by atoms with E-state index in [1.807, 2.05) is 5.51 Å². The van der Waals surface area contributed by atoms with Crippen LogP contribution in [0.2, 0.25) is 0 Å². The molecule has 2 heterocycles. The molecule has 1 aliphatic heterocycles. The van der Waals surface area contributed by atoms with Gasteiger partial charge in [-0.15, -0.1) is 11.3 Å². The van der Waals surface area contributed by atoms with Gasteiger partial charge in [-0.1, -0.05) is 18.2 Å². The van der Waals surface area contributed by atoms with E-state index in [0.29, 0.717) is 0 Å². The molecule has 0 radical (unpaired) electrons. The summed E-state index contributed by atoms with van der Waals surface area (Å²) in [5.41, 5.74) is 7.30. The van der Waals surface area contributed by atoms with Gasteiger partial charge in [0.15, 0.2) is 0 Å². The molecule has 3 nitrogen and oxygen atoms in total. The minimum atomic E-state index is 0.909. The van der Waals surface area contributed by atoms with Crippen molar-refractivity contribution in [3.05, 3.63) is 51.0 Å².